The van der Waals surface area contributed by atoms with E-state index in [1.807, 2.05) is 18.2 Å². The fraction of sp³-hybridized carbons (Fsp3) is 0.375. The predicted octanol–water partition coefficient (Wildman–Crippen LogP) is 3.78. The second kappa shape index (κ2) is 6.02. The van der Waals surface area contributed by atoms with Crippen LogP contribution in [0.1, 0.15) is 31.2 Å². The standard InChI is InChI=1S/C16H18BrN3O/c1-10(2)16-19-14(17)8-15(20-16)18-9-12-7-11-5-3-4-6-13(11)21-12/h3-6,8,10,12H,7,9H2,1-2H3,(H,18,19,20). The summed E-state index contributed by atoms with van der Waals surface area (Å²) in [5, 5.41) is 3.35. The van der Waals surface area contributed by atoms with E-state index in [1.54, 1.807) is 0 Å². The van der Waals surface area contributed by atoms with E-state index in [2.05, 4.69) is 57.2 Å². The molecule has 4 nitrogen and oxygen atoms in total. The number of benzene rings is 1. The zero-order valence-corrected chi connectivity index (χ0v) is 13.7. The Labute approximate surface area is 133 Å². The molecule has 0 aliphatic carbocycles. The SMILES string of the molecule is CC(C)c1nc(Br)cc(NCC2Cc3ccccc3O2)n1. The van der Waals surface area contributed by atoms with Gasteiger partial charge in [0.1, 0.15) is 28.1 Å². The molecule has 0 amide bonds. The van der Waals surface area contributed by atoms with Gasteiger partial charge in [-0.2, -0.15) is 0 Å². The molecule has 1 aromatic carbocycles. The summed E-state index contributed by atoms with van der Waals surface area (Å²) in [6.45, 7) is 4.90. The van der Waals surface area contributed by atoms with E-state index in [-0.39, 0.29) is 6.10 Å². The topological polar surface area (TPSA) is 47.0 Å². The monoisotopic (exact) mass is 347 g/mol. The highest BCUT2D eigenvalue weighted by molar-refractivity contribution is 9.10. The molecule has 0 spiro atoms. The second-order valence-electron chi connectivity index (χ2n) is 5.52. The van der Waals surface area contributed by atoms with Gasteiger partial charge in [0.2, 0.25) is 0 Å². The number of aromatic nitrogens is 2. The summed E-state index contributed by atoms with van der Waals surface area (Å²) in [7, 11) is 0. The summed E-state index contributed by atoms with van der Waals surface area (Å²) in [5.41, 5.74) is 1.27. The number of halogens is 1. The van der Waals surface area contributed by atoms with Crippen LogP contribution in [0.5, 0.6) is 5.75 Å². The summed E-state index contributed by atoms with van der Waals surface area (Å²) >= 11 is 3.44. The molecule has 1 aromatic heterocycles. The van der Waals surface area contributed by atoms with Crippen LogP contribution in [0.15, 0.2) is 34.9 Å². The highest BCUT2D eigenvalue weighted by Gasteiger charge is 2.22. The number of nitrogens with zero attached hydrogens (tertiary/aromatic N) is 2. The molecule has 5 heteroatoms. The Kier molecular flexibility index (Phi) is 4.10. The van der Waals surface area contributed by atoms with Gasteiger partial charge in [-0.15, -0.1) is 0 Å². The molecule has 21 heavy (non-hydrogen) atoms. The zero-order valence-electron chi connectivity index (χ0n) is 12.1. The third-order valence-corrected chi connectivity index (χ3v) is 3.86. The van der Waals surface area contributed by atoms with Crippen molar-refractivity contribution in [3.63, 3.8) is 0 Å². The Hall–Kier alpha value is -1.62. The third-order valence-electron chi connectivity index (χ3n) is 3.45. The largest absolute Gasteiger partial charge is 0.488 e. The number of anilines is 1. The molecule has 1 aliphatic rings. The molecular weight excluding hydrogens is 330 g/mol. The van der Waals surface area contributed by atoms with Gasteiger partial charge >= 0.3 is 0 Å². The molecule has 0 bridgehead atoms. The van der Waals surface area contributed by atoms with E-state index in [9.17, 15) is 0 Å². The lowest BCUT2D eigenvalue weighted by molar-refractivity contribution is 0.246. The molecule has 1 atom stereocenters. The summed E-state index contributed by atoms with van der Waals surface area (Å²) in [4.78, 5) is 8.92. The number of ether oxygens (including phenoxy) is 1. The van der Waals surface area contributed by atoms with Crippen LogP contribution in [0.2, 0.25) is 0 Å². The van der Waals surface area contributed by atoms with E-state index in [1.165, 1.54) is 5.56 Å². The van der Waals surface area contributed by atoms with Gasteiger partial charge < -0.3 is 10.1 Å². The van der Waals surface area contributed by atoms with Crippen molar-refractivity contribution in [2.24, 2.45) is 0 Å². The minimum Gasteiger partial charge on any atom is -0.488 e. The Morgan fingerprint density at radius 2 is 2.14 bits per heavy atom. The smallest absolute Gasteiger partial charge is 0.134 e. The lowest BCUT2D eigenvalue weighted by Gasteiger charge is -2.13. The molecule has 2 aromatic rings. The molecule has 0 fully saturated rings. The van der Waals surface area contributed by atoms with Crippen molar-refractivity contribution in [3.8, 4) is 5.75 Å². The molecule has 0 saturated heterocycles. The first-order valence-electron chi connectivity index (χ1n) is 7.14. The Morgan fingerprint density at radius 1 is 1.33 bits per heavy atom. The summed E-state index contributed by atoms with van der Waals surface area (Å²) in [5.74, 6) is 2.97. The predicted molar refractivity (Wildman–Crippen MR) is 86.9 cm³/mol. The maximum absolute atomic E-state index is 5.92. The zero-order chi connectivity index (χ0) is 14.8. The molecule has 1 aliphatic heterocycles. The van der Waals surface area contributed by atoms with E-state index >= 15 is 0 Å². The Morgan fingerprint density at radius 3 is 2.90 bits per heavy atom. The van der Waals surface area contributed by atoms with Crippen LogP contribution >= 0.6 is 15.9 Å². The fourth-order valence-electron chi connectivity index (χ4n) is 2.37. The minimum atomic E-state index is 0.152. The molecule has 1 N–H and O–H groups in total. The highest BCUT2D eigenvalue weighted by atomic mass is 79.9. The first kappa shape index (κ1) is 14.3. The Bertz CT molecular complexity index is 620. The maximum atomic E-state index is 5.92. The number of para-hydroxylation sites is 1. The normalized spacial score (nSPS) is 16.7. The van der Waals surface area contributed by atoms with Crippen LogP contribution in [0.3, 0.4) is 0 Å². The molecule has 2 heterocycles. The lowest BCUT2D eigenvalue weighted by Crippen LogP contribution is -2.24. The van der Waals surface area contributed by atoms with E-state index in [4.69, 9.17) is 4.74 Å². The molecule has 1 unspecified atom stereocenters. The lowest BCUT2D eigenvalue weighted by atomic mass is 10.1. The van der Waals surface area contributed by atoms with Crippen LogP contribution in [0.25, 0.3) is 0 Å². The highest BCUT2D eigenvalue weighted by Crippen LogP contribution is 2.28. The van der Waals surface area contributed by atoms with Crippen molar-refractivity contribution in [3.05, 3.63) is 46.3 Å². The molecule has 0 saturated carbocycles. The van der Waals surface area contributed by atoms with E-state index < -0.39 is 0 Å². The number of hydrogen-bond acceptors (Lipinski definition) is 4. The van der Waals surface area contributed by atoms with Crippen molar-refractivity contribution in [2.45, 2.75) is 32.3 Å². The Balaban J connectivity index is 1.64. The van der Waals surface area contributed by atoms with Crippen molar-refractivity contribution < 1.29 is 4.74 Å². The van der Waals surface area contributed by atoms with Crippen molar-refractivity contribution in [1.29, 1.82) is 0 Å². The molecular formula is C16H18BrN3O. The summed E-state index contributed by atoms with van der Waals surface area (Å²) in [6, 6.07) is 10.1. The summed E-state index contributed by atoms with van der Waals surface area (Å²) in [6.07, 6.45) is 1.09. The average Bonchev–Trinajstić information content (AvgIpc) is 2.87. The van der Waals surface area contributed by atoms with Gasteiger partial charge in [-0.3, -0.25) is 0 Å². The first-order chi connectivity index (χ1) is 10.1. The van der Waals surface area contributed by atoms with Crippen molar-refractivity contribution in [2.75, 3.05) is 11.9 Å². The third kappa shape index (κ3) is 3.35. The fourth-order valence-corrected chi connectivity index (χ4v) is 2.77. The molecule has 3 rings (SSSR count). The molecule has 0 radical (unpaired) electrons. The maximum Gasteiger partial charge on any atom is 0.134 e. The van der Waals surface area contributed by atoms with Gasteiger partial charge in [0.05, 0.1) is 6.54 Å². The average molecular weight is 348 g/mol. The van der Waals surface area contributed by atoms with Crippen LogP contribution in [0.4, 0.5) is 5.82 Å². The number of hydrogen-bond donors (Lipinski definition) is 1. The van der Waals surface area contributed by atoms with Gasteiger partial charge in [-0.25, -0.2) is 9.97 Å². The molecule has 110 valence electrons. The first-order valence-corrected chi connectivity index (χ1v) is 7.94. The number of nitrogens with one attached hydrogen (secondary N) is 1. The van der Waals surface area contributed by atoms with Crippen LogP contribution < -0.4 is 10.1 Å². The van der Waals surface area contributed by atoms with Gasteiger partial charge in [0.25, 0.3) is 0 Å². The number of rotatable bonds is 4. The van der Waals surface area contributed by atoms with Crippen molar-refractivity contribution in [1.82, 2.24) is 9.97 Å². The summed E-state index contributed by atoms with van der Waals surface area (Å²) < 4.78 is 6.72. The van der Waals surface area contributed by atoms with Crippen LogP contribution in [0, 0.1) is 0 Å². The second-order valence-corrected chi connectivity index (χ2v) is 6.33. The number of fused-ring (bicyclic) bond motifs is 1. The van der Waals surface area contributed by atoms with Gasteiger partial charge in [0.15, 0.2) is 0 Å². The van der Waals surface area contributed by atoms with Crippen molar-refractivity contribution >= 4 is 21.7 Å². The van der Waals surface area contributed by atoms with E-state index in [0.29, 0.717) is 5.92 Å². The van der Waals surface area contributed by atoms with Gasteiger partial charge in [-0.1, -0.05) is 32.0 Å². The minimum absolute atomic E-state index is 0.152. The van der Waals surface area contributed by atoms with E-state index in [0.717, 1.165) is 35.0 Å². The van der Waals surface area contributed by atoms with Gasteiger partial charge in [0, 0.05) is 18.4 Å². The van der Waals surface area contributed by atoms with Crippen LogP contribution in [-0.4, -0.2) is 22.6 Å². The van der Waals surface area contributed by atoms with Gasteiger partial charge in [-0.05, 0) is 27.6 Å². The quantitative estimate of drug-likeness (QED) is 0.855. The van der Waals surface area contributed by atoms with Crippen LogP contribution in [-0.2, 0) is 6.42 Å².